The van der Waals surface area contributed by atoms with E-state index in [1.165, 1.54) is 11.8 Å². The van der Waals surface area contributed by atoms with Crippen molar-refractivity contribution in [2.45, 2.75) is 30.9 Å². The van der Waals surface area contributed by atoms with Crippen LogP contribution in [0.4, 0.5) is 11.4 Å². The minimum absolute atomic E-state index is 0.116. The summed E-state index contributed by atoms with van der Waals surface area (Å²) in [6.07, 6.45) is 1.66. The Morgan fingerprint density at radius 3 is 2.04 bits per heavy atom. The summed E-state index contributed by atoms with van der Waals surface area (Å²) in [4.78, 5) is 40.9. The Hall–Kier alpha value is -5.40. The maximum atomic E-state index is 13.6. The van der Waals surface area contributed by atoms with Crippen LogP contribution in [-0.2, 0) is 9.59 Å². The van der Waals surface area contributed by atoms with Gasteiger partial charge in [0.2, 0.25) is 5.91 Å². The average molecular weight is 626 g/mol. The SMILES string of the molecule is Cc1cccc(/C=C(\NC(=O)c2ccccc2)C(=O)Nc2ccc(SC(C(=O)Nc3cc(C)ccc3C)c3ccccc3)cc2)c1. The predicted molar refractivity (Wildman–Crippen MR) is 188 cm³/mol. The molecule has 1 unspecified atom stereocenters. The summed E-state index contributed by atoms with van der Waals surface area (Å²) < 4.78 is 0. The second-order valence-corrected chi connectivity index (χ2v) is 12.2. The fourth-order valence-electron chi connectivity index (χ4n) is 4.79. The van der Waals surface area contributed by atoms with Gasteiger partial charge in [-0.25, -0.2) is 0 Å². The third-order valence-electron chi connectivity index (χ3n) is 7.24. The standard InChI is InChI=1S/C39H35N3O3S/c1-26-11-10-12-29(23-26)25-35(42-37(43)31-15-8-5-9-16-31)38(44)40-32-19-21-33(22-20-32)46-36(30-13-6-4-7-14-30)39(45)41-34-24-27(2)17-18-28(34)3/h4-25,36H,1-3H3,(H,40,44)(H,41,45)(H,42,43)/b35-25-. The molecule has 0 heterocycles. The number of aryl methyl sites for hydroxylation is 3. The molecule has 0 aliphatic rings. The summed E-state index contributed by atoms with van der Waals surface area (Å²) in [5.41, 5.74) is 6.67. The molecule has 3 N–H and O–H groups in total. The Morgan fingerprint density at radius 2 is 1.35 bits per heavy atom. The number of hydrogen-bond donors (Lipinski definition) is 3. The van der Waals surface area contributed by atoms with E-state index in [9.17, 15) is 14.4 Å². The van der Waals surface area contributed by atoms with E-state index in [4.69, 9.17) is 0 Å². The first-order valence-corrected chi connectivity index (χ1v) is 15.8. The molecule has 230 valence electrons. The molecule has 0 radical (unpaired) electrons. The number of anilines is 2. The summed E-state index contributed by atoms with van der Waals surface area (Å²) >= 11 is 1.43. The monoisotopic (exact) mass is 625 g/mol. The lowest BCUT2D eigenvalue weighted by atomic mass is 10.1. The second-order valence-electron chi connectivity index (χ2n) is 11.0. The van der Waals surface area contributed by atoms with Gasteiger partial charge in [0, 0.05) is 21.8 Å². The summed E-state index contributed by atoms with van der Waals surface area (Å²) in [6.45, 7) is 5.94. The summed E-state index contributed by atoms with van der Waals surface area (Å²) in [7, 11) is 0. The van der Waals surface area contributed by atoms with Crippen LogP contribution in [0.25, 0.3) is 6.08 Å². The zero-order chi connectivity index (χ0) is 32.5. The molecule has 6 nitrogen and oxygen atoms in total. The molecular formula is C39H35N3O3S. The van der Waals surface area contributed by atoms with E-state index < -0.39 is 11.2 Å². The quantitative estimate of drug-likeness (QED) is 0.107. The van der Waals surface area contributed by atoms with Gasteiger partial charge < -0.3 is 16.0 Å². The number of rotatable bonds is 10. The van der Waals surface area contributed by atoms with E-state index in [1.807, 2.05) is 112 Å². The molecule has 5 aromatic carbocycles. The summed E-state index contributed by atoms with van der Waals surface area (Å²) in [6, 6.07) is 39.4. The molecule has 1 atom stereocenters. The molecule has 0 aliphatic carbocycles. The van der Waals surface area contributed by atoms with E-state index in [0.717, 1.165) is 38.4 Å². The number of carbonyl (C=O) groups is 3. The van der Waals surface area contributed by atoms with Gasteiger partial charge in [0.1, 0.15) is 10.9 Å². The van der Waals surface area contributed by atoms with E-state index in [2.05, 4.69) is 16.0 Å². The highest BCUT2D eigenvalue weighted by molar-refractivity contribution is 8.00. The molecule has 0 bridgehead atoms. The summed E-state index contributed by atoms with van der Waals surface area (Å²) in [5.74, 6) is -0.962. The van der Waals surface area contributed by atoms with Crippen molar-refractivity contribution in [2.24, 2.45) is 0 Å². The lowest BCUT2D eigenvalue weighted by Crippen LogP contribution is -2.30. The molecule has 0 spiro atoms. The van der Waals surface area contributed by atoms with Crippen LogP contribution in [0.5, 0.6) is 0 Å². The highest BCUT2D eigenvalue weighted by Gasteiger charge is 2.23. The maximum Gasteiger partial charge on any atom is 0.272 e. The number of thioether (sulfide) groups is 1. The zero-order valence-corrected chi connectivity index (χ0v) is 26.7. The fraction of sp³-hybridized carbons (Fsp3) is 0.103. The van der Waals surface area contributed by atoms with Crippen molar-refractivity contribution < 1.29 is 14.4 Å². The zero-order valence-electron chi connectivity index (χ0n) is 25.9. The van der Waals surface area contributed by atoms with Gasteiger partial charge in [0.15, 0.2) is 0 Å². The van der Waals surface area contributed by atoms with Crippen molar-refractivity contribution >= 4 is 46.9 Å². The van der Waals surface area contributed by atoms with Gasteiger partial charge in [-0.15, -0.1) is 11.8 Å². The van der Waals surface area contributed by atoms with Crippen LogP contribution in [0.15, 0.2) is 138 Å². The molecule has 5 aromatic rings. The van der Waals surface area contributed by atoms with E-state index in [0.29, 0.717) is 11.3 Å². The molecule has 0 aliphatic heterocycles. The van der Waals surface area contributed by atoms with Crippen LogP contribution >= 0.6 is 11.8 Å². The maximum absolute atomic E-state index is 13.6. The van der Waals surface area contributed by atoms with Crippen LogP contribution in [0.3, 0.4) is 0 Å². The van der Waals surface area contributed by atoms with Gasteiger partial charge in [0.25, 0.3) is 11.8 Å². The minimum Gasteiger partial charge on any atom is -0.325 e. The molecule has 0 saturated heterocycles. The van der Waals surface area contributed by atoms with Gasteiger partial charge >= 0.3 is 0 Å². The van der Waals surface area contributed by atoms with Crippen molar-refractivity contribution in [1.29, 1.82) is 0 Å². The van der Waals surface area contributed by atoms with Gasteiger partial charge in [-0.3, -0.25) is 14.4 Å². The lowest BCUT2D eigenvalue weighted by molar-refractivity contribution is -0.116. The van der Waals surface area contributed by atoms with Crippen LogP contribution in [0, 0.1) is 20.8 Å². The molecule has 3 amide bonds. The van der Waals surface area contributed by atoms with Crippen LogP contribution in [-0.4, -0.2) is 17.7 Å². The van der Waals surface area contributed by atoms with Crippen LogP contribution < -0.4 is 16.0 Å². The Kier molecular flexibility index (Phi) is 10.5. The molecule has 0 fully saturated rings. The van der Waals surface area contributed by atoms with Gasteiger partial charge in [-0.2, -0.15) is 0 Å². The van der Waals surface area contributed by atoms with Gasteiger partial charge in [-0.05, 0) is 91.6 Å². The van der Waals surface area contributed by atoms with Crippen molar-refractivity contribution in [2.75, 3.05) is 10.6 Å². The Morgan fingerprint density at radius 1 is 0.674 bits per heavy atom. The first-order valence-electron chi connectivity index (χ1n) is 14.9. The molecule has 0 aromatic heterocycles. The molecule has 0 saturated carbocycles. The van der Waals surface area contributed by atoms with E-state index >= 15 is 0 Å². The van der Waals surface area contributed by atoms with Crippen molar-refractivity contribution in [3.63, 3.8) is 0 Å². The number of amides is 3. The Balaban J connectivity index is 1.33. The number of nitrogens with one attached hydrogen (secondary N) is 3. The number of carbonyl (C=O) groups excluding carboxylic acids is 3. The topological polar surface area (TPSA) is 87.3 Å². The van der Waals surface area contributed by atoms with Gasteiger partial charge in [-0.1, -0.05) is 90.5 Å². The van der Waals surface area contributed by atoms with Crippen molar-refractivity contribution in [3.05, 3.63) is 166 Å². The third-order valence-corrected chi connectivity index (χ3v) is 8.51. The van der Waals surface area contributed by atoms with Crippen molar-refractivity contribution in [3.8, 4) is 0 Å². The number of hydrogen-bond acceptors (Lipinski definition) is 4. The Bertz CT molecular complexity index is 1870. The second kappa shape index (κ2) is 15.1. The normalized spacial score (nSPS) is 11.8. The smallest absolute Gasteiger partial charge is 0.272 e. The predicted octanol–water partition coefficient (Wildman–Crippen LogP) is 8.49. The summed E-state index contributed by atoms with van der Waals surface area (Å²) in [5, 5.41) is 8.29. The average Bonchev–Trinajstić information content (AvgIpc) is 3.06. The molecule has 46 heavy (non-hydrogen) atoms. The fourth-order valence-corrected chi connectivity index (χ4v) is 5.81. The minimum atomic E-state index is -0.501. The highest BCUT2D eigenvalue weighted by atomic mass is 32.2. The first kappa shape index (κ1) is 32.0. The van der Waals surface area contributed by atoms with Gasteiger partial charge in [0.05, 0.1) is 0 Å². The largest absolute Gasteiger partial charge is 0.325 e. The highest BCUT2D eigenvalue weighted by Crippen LogP contribution is 2.37. The first-order chi connectivity index (χ1) is 22.2. The van der Waals surface area contributed by atoms with Crippen LogP contribution in [0.2, 0.25) is 0 Å². The van der Waals surface area contributed by atoms with Crippen LogP contribution in [0.1, 0.15) is 43.4 Å². The van der Waals surface area contributed by atoms with E-state index in [1.54, 1.807) is 42.5 Å². The molecule has 5 rings (SSSR count). The Labute approximate surface area is 274 Å². The lowest BCUT2D eigenvalue weighted by Gasteiger charge is -2.18. The third kappa shape index (κ3) is 8.61. The van der Waals surface area contributed by atoms with E-state index in [-0.39, 0.29) is 17.5 Å². The number of benzene rings is 5. The molecule has 7 heteroatoms. The van der Waals surface area contributed by atoms with Crippen molar-refractivity contribution in [1.82, 2.24) is 5.32 Å². The molecular weight excluding hydrogens is 591 g/mol.